The number of rotatable bonds is 5. The maximum atomic E-state index is 14.0. The largest absolute Gasteiger partial charge is 0.473 e. The summed E-state index contributed by atoms with van der Waals surface area (Å²) in [6.07, 6.45) is 3.12. The Morgan fingerprint density at radius 3 is 2.78 bits per heavy atom. The molecule has 2 fully saturated rings. The van der Waals surface area contributed by atoms with Crippen LogP contribution in [0.4, 0.5) is 8.78 Å². The van der Waals surface area contributed by atoms with Gasteiger partial charge in [-0.1, -0.05) is 6.07 Å². The van der Waals surface area contributed by atoms with Crippen LogP contribution in [0.2, 0.25) is 0 Å². The summed E-state index contributed by atoms with van der Waals surface area (Å²) in [5.41, 5.74) is 2.41. The van der Waals surface area contributed by atoms with E-state index in [-0.39, 0.29) is 24.1 Å². The Balaban J connectivity index is 1.43. The van der Waals surface area contributed by atoms with Gasteiger partial charge in [0.25, 0.3) is 5.91 Å². The van der Waals surface area contributed by atoms with Crippen LogP contribution >= 0.6 is 0 Å². The third-order valence-corrected chi connectivity index (χ3v) is 6.70. The number of aromatic nitrogens is 2. The molecule has 0 spiro atoms. The number of aryl methyl sites for hydroxylation is 2. The van der Waals surface area contributed by atoms with E-state index >= 15 is 0 Å². The Labute approximate surface area is 185 Å². The van der Waals surface area contributed by atoms with Gasteiger partial charge in [0.2, 0.25) is 5.88 Å². The number of pyridine rings is 1. The summed E-state index contributed by atoms with van der Waals surface area (Å²) in [7, 11) is 0. The zero-order chi connectivity index (χ0) is 22.4. The lowest BCUT2D eigenvalue weighted by Crippen LogP contribution is -2.39. The highest BCUT2D eigenvalue weighted by molar-refractivity contribution is 6.02. The standard InChI is InChI=1S/C24H26F2N4O2/c1-13-10-21-23(24(31)28-20-7-6-19-15(20)8-9-27-19)14(2)29-30(21)22(11-13)32-12-16-17(25)4-3-5-18(16)26/h3-5,10-11,15,19-20,27H,6-9,12H2,1-2H3,(H,28,31)/t15-,19-,20?/m0/s1. The van der Waals surface area contributed by atoms with E-state index in [1.165, 1.54) is 22.7 Å². The van der Waals surface area contributed by atoms with E-state index in [0.29, 0.717) is 34.6 Å². The molecule has 1 saturated heterocycles. The molecule has 3 atom stereocenters. The molecule has 1 aromatic carbocycles. The summed E-state index contributed by atoms with van der Waals surface area (Å²) < 4.78 is 35.3. The SMILES string of the molecule is Cc1cc(OCc2c(F)cccc2F)n2nc(C)c(C(=O)NC3CC[C@@H]4NCC[C@H]34)c2c1. The zero-order valence-electron chi connectivity index (χ0n) is 18.1. The molecule has 3 heterocycles. The van der Waals surface area contributed by atoms with Gasteiger partial charge in [-0.2, -0.15) is 9.61 Å². The number of benzene rings is 1. The number of fused-ring (bicyclic) bond motifs is 2. The fourth-order valence-electron chi connectivity index (χ4n) is 5.14. The van der Waals surface area contributed by atoms with Crippen molar-refractivity contribution in [1.29, 1.82) is 0 Å². The van der Waals surface area contributed by atoms with Crippen LogP contribution in [0.5, 0.6) is 5.88 Å². The predicted octanol–water partition coefficient (Wildman–Crippen LogP) is 3.68. The van der Waals surface area contributed by atoms with Crippen molar-refractivity contribution in [1.82, 2.24) is 20.2 Å². The molecule has 168 valence electrons. The van der Waals surface area contributed by atoms with Crippen molar-refractivity contribution >= 4 is 11.4 Å². The minimum Gasteiger partial charge on any atom is -0.473 e. The average Bonchev–Trinajstić information content (AvgIpc) is 3.43. The van der Waals surface area contributed by atoms with Gasteiger partial charge >= 0.3 is 0 Å². The lowest BCUT2D eigenvalue weighted by atomic mass is 9.99. The second kappa shape index (κ2) is 8.16. The molecule has 2 N–H and O–H groups in total. The fraction of sp³-hybridized carbons (Fsp3) is 0.417. The first-order valence-electron chi connectivity index (χ1n) is 11.0. The van der Waals surface area contributed by atoms with Crippen molar-refractivity contribution in [2.75, 3.05) is 6.54 Å². The van der Waals surface area contributed by atoms with E-state index < -0.39 is 11.6 Å². The minimum absolute atomic E-state index is 0.147. The van der Waals surface area contributed by atoms with E-state index in [2.05, 4.69) is 15.7 Å². The zero-order valence-corrected chi connectivity index (χ0v) is 18.1. The van der Waals surface area contributed by atoms with Gasteiger partial charge in [-0.25, -0.2) is 8.78 Å². The van der Waals surface area contributed by atoms with E-state index in [4.69, 9.17) is 4.74 Å². The number of carbonyl (C=O) groups is 1. The third-order valence-electron chi connectivity index (χ3n) is 6.70. The van der Waals surface area contributed by atoms with Crippen molar-refractivity contribution < 1.29 is 18.3 Å². The van der Waals surface area contributed by atoms with Gasteiger partial charge in [0.05, 0.1) is 22.3 Å². The van der Waals surface area contributed by atoms with Crippen LogP contribution in [0, 0.1) is 31.4 Å². The summed E-state index contributed by atoms with van der Waals surface area (Å²) in [6.45, 7) is 4.38. The number of nitrogens with zero attached hydrogens (tertiary/aromatic N) is 2. The first-order valence-corrected chi connectivity index (χ1v) is 11.0. The van der Waals surface area contributed by atoms with Crippen LogP contribution in [0.25, 0.3) is 5.52 Å². The summed E-state index contributed by atoms with van der Waals surface area (Å²) in [5, 5.41) is 11.2. The highest BCUT2D eigenvalue weighted by Crippen LogP contribution is 2.33. The van der Waals surface area contributed by atoms with Crippen molar-refractivity contribution in [3.05, 3.63) is 64.4 Å². The molecule has 1 saturated carbocycles. The van der Waals surface area contributed by atoms with Gasteiger partial charge in [-0.05, 0) is 69.3 Å². The van der Waals surface area contributed by atoms with E-state index in [9.17, 15) is 13.6 Å². The first-order chi connectivity index (χ1) is 15.4. The Morgan fingerprint density at radius 1 is 1.22 bits per heavy atom. The van der Waals surface area contributed by atoms with E-state index in [0.717, 1.165) is 31.4 Å². The molecule has 2 aliphatic rings. The Hall–Kier alpha value is -3.00. The van der Waals surface area contributed by atoms with Crippen LogP contribution in [-0.4, -0.2) is 34.1 Å². The Kier molecular flexibility index (Phi) is 5.33. The molecule has 1 amide bonds. The van der Waals surface area contributed by atoms with Gasteiger partial charge in [-0.15, -0.1) is 0 Å². The second-order valence-corrected chi connectivity index (χ2v) is 8.79. The fourth-order valence-corrected chi connectivity index (χ4v) is 5.14. The highest BCUT2D eigenvalue weighted by atomic mass is 19.1. The second-order valence-electron chi connectivity index (χ2n) is 8.79. The highest BCUT2D eigenvalue weighted by Gasteiger charge is 2.40. The van der Waals surface area contributed by atoms with Crippen LogP contribution in [0.15, 0.2) is 30.3 Å². The number of halogens is 2. The van der Waals surface area contributed by atoms with Gasteiger partial charge in [0.1, 0.15) is 18.2 Å². The van der Waals surface area contributed by atoms with Crippen LogP contribution in [0.1, 0.15) is 46.4 Å². The molecule has 0 radical (unpaired) electrons. The van der Waals surface area contributed by atoms with Crippen molar-refractivity contribution in [3.63, 3.8) is 0 Å². The molecule has 1 aliphatic carbocycles. The van der Waals surface area contributed by atoms with Gasteiger partial charge in [0, 0.05) is 18.2 Å². The monoisotopic (exact) mass is 440 g/mol. The normalized spacial score (nSPS) is 22.3. The van der Waals surface area contributed by atoms with E-state index in [1.807, 2.05) is 13.0 Å². The Bertz CT molecular complexity index is 1170. The van der Waals surface area contributed by atoms with E-state index in [1.54, 1.807) is 13.0 Å². The van der Waals surface area contributed by atoms with Crippen LogP contribution in [-0.2, 0) is 6.61 Å². The number of nitrogens with one attached hydrogen (secondary N) is 2. The topological polar surface area (TPSA) is 67.7 Å². The van der Waals surface area contributed by atoms with Gasteiger partial charge in [0.15, 0.2) is 0 Å². The number of amides is 1. The van der Waals surface area contributed by atoms with Crippen LogP contribution < -0.4 is 15.4 Å². The molecule has 1 unspecified atom stereocenters. The molecule has 1 aliphatic heterocycles. The maximum Gasteiger partial charge on any atom is 0.255 e. The summed E-state index contributed by atoms with van der Waals surface area (Å²) in [6, 6.07) is 7.97. The predicted molar refractivity (Wildman–Crippen MR) is 116 cm³/mol. The average molecular weight is 440 g/mol. The molecular weight excluding hydrogens is 414 g/mol. The number of hydrogen-bond donors (Lipinski definition) is 2. The lowest BCUT2D eigenvalue weighted by molar-refractivity contribution is 0.0929. The van der Waals surface area contributed by atoms with Gasteiger partial charge < -0.3 is 15.4 Å². The number of ether oxygens (including phenoxy) is 1. The summed E-state index contributed by atoms with van der Waals surface area (Å²) in [4.78, 5) is 13.3. The molecule has 8 heteroatoms. The maximum absolute atomic E-state index is 14.0. The van der Waals surface area contributed by atoms with Crippen molar-refractivity contribution in [3.8, 4) is 5.88 Å². The molecular formula is C24H26F2N4O2. The van der Waals surface area contributed by atoms with Gasteiger partial charge in [-0.3, -0.25) is 4.79 Å². The molecule has 5 rings (SSSR count). The van der Waals surface area contributed by atoms with Crippen molar-refractivity contribution in [2.45, 2.75) is 51.8 Å². The van der Waals surface area contributed by atoms with Crippen LogP contribution in [0.3, 0.4) is 0 Å². The summed E-state index contributed by atoms with van der Waals surface area (Å²) >= 11 is 0. The Morgan fingerprint density at radius 2 is 2.00 bits per heavy atom. The molecule has 32 heavy (non-hydrogen) atoms. The number of hydrogen-bond acceptors (Lipinski definition) is 4. The molecule has 3 aromatic rings. The lowest BCUT2D eigenvalue weighted by Gasteiger charge is -2.19. The number of carbonyl (C=O) groups excluding carboxylic acids is 1. The smallest absolute Gasteiger partial charge is 0.255 e. The minimum atomic E-state index is -0.665. The third kappa shape index (κ3) is 3.62. The molecule has 2 aromatic heterocycles. The quantitative estimate of drug-likeness (QED) is 0.635. The summed E-state index contributed by atoms with van der Waals surface area (Å²) in [5.74, 6) is -0.682. The molecule has 6 nitrogen and oxygen atoms in total. The van der Waals surface area contributed by atoms with Crippen molar-refractivity contribution in [2.24, 2.45) is 5.92 Å². The first kappa shape index (κ1) is 20.9. The molecule has 0 bridgehead atoms.